The van der Waals surface area contributed by atoms with E-state index >= 15 is 0 Å². The van der Waals surface area contributed by atoms with E-state index in [0.29, 0.717) is 19.6 Å². The van der Waals surface area contributed by atoms with Gasteiger partial charge in [0.15, 0.2) is 0 Å². The first-order valence-corrected chi connectivity index (χ1v) is 4.10. The smallest absolute Gasteiger partial charge is 0.307 e. The topological polar surface area (TPSA) is 61.6 Å². The van der Waals surface area contributed by atoms with Crippen molar-refractivity contribution in [3.63, 3.8) is 0 Å². The van der Waals surface area contributed by atoms with Gasteiger partial charge in [-0.1, -0.05) is 6.92 Å². The van der Waals surface area contributed by atoms with Gasteiger partial charge < -0.3 is 15.2 Å². The third kappa shape index (κ3) is 6.12. The normalized spacial score (nSPS) is 12.6. The first kappa shape index (κ1) is 11.4. The summed E-state index contributed by atoms with van der Waals surface area (Å²) in [6, 6.07) is -0.0833. The fourth-order valence-electron chi connectivity index (χ4n) is 0.656. The highest BCUT2D eigenvalue weighted by atomic mass is 16.6. The summed E-state index contributed by atoms with van der Waals surface area (Å²) in [6.45, 7) is 2.69. The summed E-state index contributed by atoms with van der Waals surface area (Å²) in [5.74, 6) is -0.249. The number of hydrogen-bond acceptors (Lipinski definition) is 4. The van der Waals surface area contributed by atoms with E-state index in [2.05, 4.69) is 0 Å². The highest BCUT2D eigenvalue weighted by molar-refractivity contribution is 5.70. The van der Waals surface area contributed by atoms with Gasteiger partial charge in [0.1, 0.15) is 6.61 Å². The Hall–Kier alpha value is -0.610. The quantitative estimate of drug-likeness (QED) is 0.466. The predicted molar refractivity (Wildman–Crippen MR) is 45.7 cm³/mol. The molecule has 0 aliphatic heterocycles. The number of esters is 1. The molecule has 72 valence electrons. The van der Waals surface area contributed by atoms with Gasteiger partial charge in [-0.25, -0.2) is 0 Å². The van der Waals surface area contributed by atoms with Gasteiger partial charge in [-0.3, -0.25) is 4.79 Å². The molecule has 0 amide bonds. The van der Waals surface area contributed by atoms with E-state index < -0.39 is 0 Å². The molecule has 12 heavy (non-hydrogen) atoms. The number of ether oxygens (including phenoxy) is 2. The Morgan fingerprint density at radius 3 is 2.67 bits per heavy atom. The Balaban J connectivity index is 3.33. The standard InChI is InChI=1S/C8H17NO3/c1-3-7(9)6-8(10)12-5-4-11-2/h7H,3-6,9H2,1-2H3. The van der Waals surface area contributed by atoms with Crippen molar-refractivity contribution < 1.29 is 14.3 Å². The molecule has 4 heteroatoms. The zero-order chi connectivity index (χ0) is 9.40. The molecule has 0 aromatic heterocycles. The summed E-state index contributed by atoms with van der Waals surface area (Å²) in [4.78, 5) is 10.9. The molecule has 0 aliphatic rings. The van der Waals surface area contributed by atoms with E-state index in [1.54, 1.807) is 7.11 Å². The van der Waals surface area contributed by atoms with E-state index in [-0.39, 0.29) is 12.0 Å². The van der Waals surface area contributed by atoms with E-state index in [1.807, 2.05) is 6.92 Å². The monoisotopic (exact) mass is 175 g/mol. The highest BCUT2D eigenvalue weighted by Gasteiger charge is 2.07. The Kier molecular flexibility index (Phi) is 6.70. The SMILES string of the molecule is CCC(N)CC(=O)OCCOC. The molecule has 0 saturated carbocycles. The average molecular weight is 175 g/mol. The molecule has 2 N–H and O–H groups in total. The lowest BCUT2D eigenvalue weighted by molar-refractivity contribution is -0.145. The van der Waals surface area contributed by atoms with Crippen LogP contribution in [0.15, 0.2) is 0 Å². The molecule has 0 heterocycles. The summed E-state index contributed by atoms with van der Waals surface area (Å²) >= 11 is 0. The van der Waals surface area contributed by atoms with Gasteiger partial charge in [-0.2, -0.15) is 0 Å². The molecule has 0 aromatic rings. The third-order valence-corrected chi connectivity index (χ3v) is 1.50. The van der Waals surface area contributed by atoms with Crippen LogP contribution in [0.25, 0.3) is 0 Å². The first-order chi connectivity index (χ1) is 5.70. The Morgan fingerprint density at radius 1 is 1.50 bits per heavy atom. The van der Waals surface area contributed by atoms with Crippen LogP contribution in [0, 0.1) is 0 Å². The maximum atomic E-state index is 10.9. The third-order valence-electron chi connectivity index (χ3n) is 1.50. The van der Waals surface area contributed by atoms with Gasteiger partial charge in [-0.05, 0) is 6.42 Å². The van der Waals surface area contributed by atoms with Crippen molar-refractivity contribution in [1.82, 2.24) is 0 Å². The lowest BCUT2D eigenvalue weighted by Crippen LogP contribution is -2.24. The van der Waals surface area contributed by atoms with E-state index in [9.17, 15) is 4.79 Å². The number of carbonyl (C=O) groups excluding carboxylic acids is 1. The first-order valence-electron chi connectivity index (χ1n) is 4.10. The van der Waals surface area contributed by atoms with Gasteiger partial charge >= 0.3 is 5.97 Å². The van der Waals surface area contributed by atoms with Crippen molar-refractivity contribution in [3.05, 3.63) is 0 Å². The second kappa shape index (κ2) is 7.06. The van der Waals surface area contributed by atoms with Gasteiger partial charge in [0.05, 0.1) is 13.0 Å². The van der Waals surface area contributed by atoms with Gasteiger partial charge in [0.25, 0.3) is 0 Å². The number of hydrogen-bond donors (Lipinski definition) is 1. The molecule has 0 fully saturated rings. The van der Waals surface area contributed by atoms with Gasteiger partial charge in [0.2, 0.25) is 0 Å². The van der Waals surface area contributed by atoms with Crippen molar-refractivity contribution in [3.8, 4) is 0 Å². The van der Waals surface area contributed by atoms with Crippen LogP contribution >= 0.6 is 0 Å². The molecule has 1 atom stereocenters. The van der Waals surface area contributed by atoms with Crippen LogP contribution in [-0.2, 0) is 14.3 Å². The molecule has 0 aromatic carbocycles. The zero-order valence-corrected chi connectivity index (χ0v) is 7.71. The van der Waals surface area contributed by atoms with E-state index in [0.717, 1.165) is 6.42 Å². The van der Waals surface area contributed by atoms with Crippen molar-refractivity contribution in [2.75, 3.05) is 20.3 Å². The molecule has 4 nitrogen and oxygen atoms in total. The molecule has 0 aliphatic carbocycles. The van der Waals surface area contributed by atoms with Crippen molar-refractivity contribution in [2.24, 2.45) is 5.73 Å². The molecular formula is C8H17NO3. The largest absolute Gasteiger partial charge is 0.463 e. The van der Waals surface area contributed by atoms with Crippen molar-refractivity contribution in [1.29, 1.82) is 0 Å². The summed E-state index contributed by atoms with van der Waals surface area (Å²) < 4.78 is 9.53. The van der Waals surface area contributed by atoms with Crippen LogP contribution < -0.4 is 5.73 Å². The molecule has 0 radical (unpaired) electrons. The highest BCUT2D eigenvalue weighted by Crippen LogP contribution is 1.95. The van der Waals surface area contributed by atoms with E-state index in [4.69, 9.17) is 15.2 Å². The minimum atomic E-state index is -0.249. The van der Waals surface area contributed by atoms with Crippen LogP contribution in [0.4, 0.5) is 0 Å². The van der Waals surface area contributed by atoms with Crippen molar-refractivity contribution in [2.45, 2.75) is 25.8 Å². The number of carbonyl (C=O) groups is 1. The molecular weight excluding hydrogens is 158 g/mol. The number of rotatable bonds is 6. The number of nitrogens with two attached hydrogens (primary N) is 1. The summed E-state index contributed by atoms with van der Waals surface area (Å²) in [5.41, 5.74) is 5.55. The second-order valence-corrected chi connectivity index (χ2v) is 2.59. The molecule has 0 bridgehead atoms. The minimum absolute atomic E-state index is 0.0833. The molecule has 0 rings (SSSR count). The lowest BCUT2D eigenvalue weighted by Gasteiger charge is -2.07. The van der Waals surface area contributed by atoms with Gasteiger partial charge in [0, 0.05) is 13.2 Å². The van der Waals surface area contributed by atoms with Crippen LogP contribution in [0.3, 0.4) is 0 Å². The zero-order valence-electron chi connectivity index (χ0n) is 7.71. The Morgan fingerprint density at radius 2 is 2.17 bits per heavy atom. The van der Waals surface area contributed by atoms with Crippen LogP contribution in [-0.4, -0.2) is 32.3 Å². The average Bonchev–Trinajstić information content (AvgIpc) is 2.05. The summed E-state index contributed by atoms with van der Waals surface area (Å²) in [5, 5.41) is 0. The molecule has 0 spiro atoms. The predicted octanol–water partition coefficient (Wildman–Crippen LogP) is 0.303. The summed E-state index contributed by atoms with van der Waals surface area (Å²) in [7, 11) is 1.56. The van der Waals surface area contributed by atoms with Gasteiger partial charge in [-0.15, -0.1) is 0 Å². The minimum Gasteiger partial charge on any atom is -0.463 e. The maximum absolute atomic E-state index is 10.9. The van der Waals surface area contributed by atoms with Crippen LogP contribution in [0.5, 0.6) is 0 Å². The fourth-order valence-corrected chi connectivity index (χ4v) is 0.656. The van der Waals surface area contributed by atoms with E-state index in [1.165, 1.54) is 0 Å². The Bertz CT molecular complexity index is 127. The summed E-state index contributed by atoms with van der Waals surface area (Å²) in [6.07, 6.45) is 1.08. The fraction of sp³-hybridized carbons (Fsp3) is 0.875. The molecule has 0 saturated heterocycles. The maximum Gasteiger partial charge on any atom is 0.307 e. The number of methoxy groups -OCH3 is 1. The Labute approximate surface area is 73.0 Å². The second-order valence-electron chi connectivity index (χ2n) is 2.59. The van der Waals surface area contributed by atoms with Crippen LogP contribution in [0.2, 0.25) is 0 Å². The van der Waals surface area contributed by atoms with Crippen LogP contribution in [0.1, 0.15) is 19.8 Å². The van der Waals surface area contributed by atoms with Crippen molar-refractivity contribution >= 4 is 5.97 Å². The lowest BCUT2D eigenvalue weighted by atomic mass is 10.2. The molecule has 1 unspecified atom stereocenters.